The summed E-state index contributed by atoms with van der Waals surface area (Å²) in [6, 6.07) is 1.92. The Bertz CT molecular complexity index is 619. The van der Waals surface area contributed by atoms with Crippen molar-refractivity contribution in [1.82, 2.24) is 19.9 Å². The Labute approximate surface area is 117 Å². The maximum absolute atomic E-state index is 12.1. The molecular formula is C14H20N4O2. The Morgan fingerprint density at radius 3 is 2.95 bits per heavy atom. The number of nitrogens with zero attached hydrogens (tertiary/aromatic N) is 3. The Balaban J connectivity index is 2.11. The van der Waals surface area contributed by atoms with Gasteiger partial charge in [-0.25, -0.2) is 9.50 Å². The third kappa shape index (κ3) is 3.14. The number of aliphatic hydroxyl groups is 1. The van der Waals surface area contributed by atoms with E-state index in [1.165, 1.54) is 0 Å². The van der Waals surface area contributed by atoms with Crippen molar-refractivity contribution in [3.63, 3.8) is 0 Å². The molecule has 0 aromatic carbocycles. The molecule has 0 saturated carbocycles. The molecule has 2 heterocycles. The maximum atomic E-state index is 12.1. The third-order valence-electron chi connectivity index (χ3n) is 3.11. The molecule has 0 fully saturated rings. The number of carbonyl (C=O) groups is 1. The molecule has 6 nitrogen and oxygen atoms in total. The number of hydrogen-bond acceptors (Lipinski definition) is 4. The van der Waals surface area contributed by atoms with Crippen molar-refractivity contribution in [2.45, 2.75) is 39.7 Å². The number of fused-ring (bicyclic) bond motifs is 1. The second-order valence-electron chi connectivity index (χ2n) is 5.08. The zero-order chi connectivity index (χ0) is 14.7. The van der Waals surface area contributed by atoms with E-state index in [-0.39, 0.29) is 12.0 Å². The molecule has 0 radical (unpaired) electrons. The van der Waals surface area contributed by atoms with E-state index < -0.39 is 0 Å². The summed E-state index contributed by atoms with van der Waals surface area (Å²) in [5, 5.41) is 16.2. The minimum atomic E-state index is -0.337. The summed E-state index contributed by atoms with van der Waals surface area (Å²) in [6.45, 7) is 6.09. The fourth-order valence-electron chi connectivity index (χ4n) is 2.13. The lowest BCUT2D eigenvalue weighted by molar-refractivity contribution is 0.0951. The van der Waals surface area contributed by atoms with Crippen LogP contribution in [0.5, 0.6) is 0 Å². The van der Waals surface area contributed by atoms with Crippen molar-refractivity contribution in [2.24, 2.45) is 0 Å². The van der Waals surface area contributed by atoms with Crippen LogP contribution in [0.3, 0.4) is 0 Å². The predicted octanol–water partition coefficient (Wildman–Crippen LogP) is 1.24. The zero-order valence-corrected chi connectivity index (χ0v) is 12.1. The van der Waals surface area contributed by atoms with Gasteiger partial charge >= 0.3 is 0 Å². The van der Waals surface area contributed by atoms with E-state index in [1.807, 2.05) is 19.9 Å². The molecule has 0 spiro atoms. The number of aliphatic hydroxyl groups excluding tert-OH is 1. The molecule has 20 heavy (non-hydrogen) atoms. The fourth-order valence-corrected chi connectivity index (χ4v) is 2.13. The average Bonchev–Trinajstić information content (AvgIpc) is 2.78. The average molecular weight is 276 g/mol. The first-order valence-corrected chi connectivity index (χ1v) is 6.77. The largest absolute Gasteiger partial charge is 0.393 e. The minimum absolute atomic E-state index is 0.178. The second-order valence-corrected chi connectivity index (χ2v) is 5.08. The van der Waals surface area contributed by atoms with Gasteiger partial charge in [-0.2, -0.15) is 5.10 Å². The van der Waals surface area contributed by atoms with Crippen molar-refractivity contribution in [3.8, 4) is 0 Å². The first-order chi connectivity index (χ1) is 9.49. The zero-order valence-electron chi connectivity index (χ0n) is 12.1. The monoisotopic (exact) mass is 276 g/mol. The van der Waals surface area contributed by atoms with Crippen LogP contribution in [-0.2, 0) is 0 Å². The normalized spacial score (nSPS) is 12.6. The van der Waals surface area contributed by atoms with Crippen LogP contribution in [-0.4, -0.2) is 38.3 Å². The van der Waals surface area contributed by atoms with E-state index in [0.29, 0.717) is 24.2 Å². The third-order valence-corrected chi connectivity index (χ3v) is 3.11. The Kier molecular flexibility index (Phi) is 4.34. The Morgan fingerprint density at radius 1 is 1.50 bits per heavy atom. The standard InChI is InChI=1S/C14H20N4O2/c1-9-7-10(2)18-13(17-9)12(8-16-18)14(20)15-6-4-5-11(3)19/h7-8,11,19H,4-6H2,1-3H3,(H,15,20). The van der Waals surface area contributed by atoms with Crippen molar-refractivity contribution in [2.75, 3.05) is 6.54 Å². The molecule has 0 aliphatic carbocycles. The van der Waals surface area contributed by atoms with Crippen molar-refractivity contribution in [3.05, 3.63) is 29.2 Å². The molecule has 1 amide bonds. The van der Waals surface area contributed by atoms with Gasteiger partial charge in [-0.15, -0.1) is 0 Å². The lowest BCUT2D eigenvalue weighted by atomic mass is 10.2. The number of hydrogen-bond donors (Lipinski definition) is 2. The van der Waals surface area contributed by atoms with Gasteiger partial charge in [0.1, 0.15) is 5.56 Å². The molecule has 0 aliphatic heterocycles. The summed E-state index contributed by atoms with van der Waals surface area (Å²) in [5.41, 5.74) is 2.86. The number of aromatic nitrogens is 3. The lowest BCUT2D eigenvalue weighted by Gasteiger charge is -2.06. The molecule has 0 bridgehead atoms. The second kappa shape index (κ2) is 6.00. The van der Waals surface area contributed by atoms with Gasteiger partial charge in [-0.1, -0.05) is 0 Å². The molecular weight excluding hydrogens is 256 g/mol. The summed E-state index contributed by atoms with van der Waals surface area (Å²) in [7, 11) is 0. The van der Waals surface area contributed by atoms with Gasteiger partial charge in [0, 0.05) is 17.9 Å². The Hall–Kier alpha value is -1.95. The first-order valence-electron chi connectivity index (χ1n) is 6.77. The molecule has 0 aliphatic rings. The van der Waals surface area contributed by atoms with Gasteiger partial charge in [0.2, 0.25) is 0 Å². The van der Waals surface area contributed by atoms with Crippen LogP contribution in [0.25, 0.3) is 5.65 Å². The lowest BCUT2D eigenvalue weighted by Crippen LogP contribution is -2.25. The van der Waals surface area contributed by atoms with Crippen LogP contribution in [0.4, 0.5) is 0 Å². The highest BCUT2D eigenvalue weighted by molar-refractivity contribution is 5.99. The summed E-state index contributed by atoms with van der Waals surface area (Å²) < 4.78 is 1.66. The first kappa shape index (κ1) is 14.5. The molecule has 6 heteroatoms. The van der Waals surface area contributed by atoms with Crippen LogP contribution < -0.4 is 5.32 Å². The van der Waals surface area contributed by atoms with Crippen LogP contribution in [0.2, 0.25) is 0 Å². The number of rotatable bonds is 5. The highest BCUT2D eigenvalue weighted by Crippen LogP contribution is 2.11. The molecule has 1 atom stereocenters. The van der Waals surface area contributed by atoms with Crippen molar-refractivity contribution >= 4 is 11.6 Å². The highest BCUT2D eigenvalue weighted by Gasteiger charge is 2.14. The smallest absolute Gasteiger partial charge is 0.256 e. The molecule has 2 aromatic rings. The van der Waals surface area contributed by atoms with Crippen molar-refractivity contribution in [1.29, 1.82) is 0 Å². The van der Waals surface area contributed by atoms with Crippen LogP contribution in [0.1, 0.15) is 41.5 Å². The summed E-state index contributed by atoms with van der Waals surface area (Å²) in [4.78, 5) is 16.5. The van der Waals surface area contributed by atoms with E-state index in [0.717, 1.165) is 17.8 Å². The van der Waals surface area contributed by atoms with E-state index >= 15 is 0 Å². The molecule has 2 aromatic heterocycles. The van der Waals surface area contributed by atoms with E-state index in [9.17, 15) is 4.79 Å². The van der Waals surface area contributed by atoms with E-state index in [2.05, 4.69) is 15.4 Å². The van der Waals surface area contributed by atoms with Crippen LogP contribution >= 0.6 is 0 Å². The minimum Gasteiger partial charge on any atom is -0.393 e. The number of carbonyl (C=O) groups excluding carboxylic acids is 1. The SMILES string of the molecule is Cc1cc(C)n2ncc(C(=O)NCCCC(C)O)c2n1. The van der Waals surface area contributed by atoms with Gasteiger partial charge < -0.3 is 10.4 Å². The topological polar surface area (TPSA) is 79.5 Å². The van der Waals surface area contributed by atoms with Crippen molar-refractivity contribution < 1.29 is 9.90 Å². The fraction of sp³-hybridized carbons (Fsp3) is 0.500. The highest BCUT2D eigenvalue weighted by atomic mass is 16.3. The predicted molar refractivity (Wildman–Crippen MR) is 75.7 cm³/mol. The Morgan fingerprint density at radius 2 is 2.25 bits per heavy atom. The number of amides is 1. The van der Waals surface area contributed by atoms with Gasteiger partial charge in [-0.3, -0.25) is 4.79 Å². The van der Waals surface area contributed by atoms with Crippen LogP contribution in [0, 0.1) is 13.8 Å². The van der Waals surface area contributed by atoms with Crippen LogP contribution in [0.15, 0.2) is 12.3 Å². The molecule has 0 saturated heterocycles. The summed E-state index contributed by atoms with van der Waals surface area (Å²) >= 11 is 0. The molecule has 1 unspecified atom stereocenters. The van der Waals surface area contributed by atoms with Gasteiger partial charge in [-0.05, 0) is 39.7 Å². The molecule has 2 rings (SSSR count). The van der Waals surface area contributed by atoms with E-state index in [1.54, 1.807) is 17.6 Å². The van der Waals surface area contributed by atoms with Gasteiger partial charge in [0.05, 0.1) is 12.3 Å². The summed E-state index contributed by atoms with van der Waals surface area (Å²) in [5.74, 6) is -0.178. The maximum Gasteiger partial charge on any atom is 0.256 e. The molecule has 108 valence electrons. The van der Waals surface area contributed by atoms with Gasteiger partial charge in [0.15, 0.2) is 5.65 Å². The van der Waals surface area contributed by atoms with E-state index in [4.69, 9.17) is 5.11 Å². The summed E-state index contributed by atoms with van der Waals surface area (Å²) in [6.07, 6.45) is 2.62. The number of aryl methyl sites for hydroxylation is 2. The van der Waals surface area contributed by atoms with Gasteiger partial charge in [0.25, 0.3) is 5.91 Å². The molecule has 2 N–H and O–H groups in total. The quantitative estimate of drug-likeness (QED) is 0.805. The number of nitrogens with one attached hydrogen (secondary N) is 1.